The van der Waals surface area contributed by atoms with Crippen molar-refractivity contribution in [3.8, 4) is 17.0 Å². The van der Waals surface area contributed by atoms with E-state index in [2.05, 4.69) is 72.1 Å². The molecule has 1 heterocycles. The maximum absolute atomic E-state index is 12.3. The predicted octanol–water partition coefficient (Wildman–Crippen LogP) is 6.33. The number of rotatable bonds is 6. The van der Waals surface area contributed by atoms with Crippen LogP contribution in [0, 0.1) is 13.8 Å². The molecule has 1 aromatic heterocycles. The molecule has 28 heavy (non-hydrogen) atoms. The first kappa shape index (κ1) is 20.6. The van der Waals surface area contributed by atoms with Crippen molar-refractivity contribution in [2.24, 2.45) is 0 Å². The molecular weight excluding hydrogens is 436 g/mol. The van der Waals surface area contributed by atoms with Gasteiger partial charge in [-0.2, -0.15) is 0 Å². The van der Waals surface area contributed by atoms with Crippen molar-refractivity contribution in [2.75, 3.05) is 11.9 Å². The Balaban J connectivity index is 1.65. The second kappa shape index (κ2) is 8.88. The summed E-state index contributed by atoms with van der Waals surface area (Å²) in [5.41, 5.74) is 5.37. The third kappa shape index (κ3) is 5.00. The van der Waals surface area contributed by atoms with E-state index in [1.54, 1.807) is 0 Å². The number of amides is 1. The lowest BCUT2D eigenvalue weighted by molar-refractivity contribution is -0.118. The van der Waals surface area contributed by atoms with Gasteiger partial charge in [-0.05, 0) is 55.2 Å². The molecule has 0 aliphatic carbocycles. The number of aryl methyl sites for hydroxylation is 2. The molecule has 0 saturated heterocycles. The molecule has 0 atom stereocenters. The van der Waals surface area contributed by atoms with Crippen LogP contribution in [0.2, 0.25) is 0 Å². The van der Waals surface area contributed by atoms with Gasteiger partial charge in [0.25, 0.3) is 5.91 Å². The van der Waals surface area contributed by atoms with Crippen LogP contribution in [0.3, 0.4) is 0 Å². The number of hydrogen-bond donors (Lipinski definition) is 1. The second-order valence-corrected chi connectivity index (χ2v) is 8.80. The van der Waals surface area contributed by atoms with Crippen molar-refractivity contribution >= 4 is 38.3 Å². The van der Waals surface area contributed by atoms with Gasteiger partial charge in [0.15, 0.2) is 11.7 Å². The molecule has 0 unspecified atom stereocenters. The number of carbonyl (C=O) groups excluding carboxylic acids is 1. The monoisotopic (exact) mass is 458 g/mol. The third-order valence-electron chi connectivity index (χ3n) is 4.37. The van der Waals surface area contributed by atoms with Gasteiger partial charge in [-0.15, -0.1) is 11.3 Å². The molecule has 2 aromatic carbocycles. The Bertz CT molecular complexity index is 998. The van der Waals surface area contributed by atoms with E-state index < -0.39 is 0 Å². The van der Waals surface area contributed by atoms with Crippen molar-refractivity contribution in [3.63, 3.8) is 0 Å². The van der Waals surface area contributed by atoms with Crippen LogP contribution in [0.25, 0.3) is 11.3 Å². The Kier molecular flexibility index (Phi) is 6.52. The number of thiazole rings is 1. The first-order chi connectivity index (χ1) is 13.3. The van der Waals surface area contributed by atoms with Gasteiger partial charge in [-0.25, -0.2) is 4.98 Å². The van der Waals surface area contributed by atoms with Crippen LogP contribution in [-0.4, -0.2) is 17.5 Å². The van der Waals surface area contributed by atoms with Gasteiger partial charge in [-0.1, -0.05) is 47.5 Å². The van der Waals surface area contributed by atoms with Crippen molar-refractivity contribution in [1.82, 2.24) is 4.98 Å². The molecule has 0 bridgehead atoms. The minimum Gasteiger partial charge on any atom is -0.483 e. The minimum absolute atomic E-state index is 0.0558. The zero-order valence-electron chi connectivity index (χ0n) is 16.4. The van der Waals surface area contributed by atoms with E-state index in [1.165, 1.54) is 16.9 Å². The number of carbonyl (C=O) groups is 1. The Morgan fingerprint density at radius 3 is 2.75 bits per heavy atom. The highest BCUT2D eigenvalue weighted by atomic mass is 79.9. The number of hydrogen-bond acceptors (Lipinski definition) is 4. The maximum atomic E-state index is 12.3. The fourth-order valence-corrected chi connectivity index (χ4v) is 3.97. The van der Waals surface area contributed by atoms with Gasteiger partial charge in [0.2, 0.25) is 0 Å². The highest BCUT2D eigenvalue weighted by molar-refractivity contribution is 9.10. The van der Waals surface area contributed by atoms with Gasteiger partial charge in [0.05, 0.1) is 5.69 Å². The van der Waals surface area contributed by atoms with Crippen LogP contribution in [-0.2, 0) is 4.79 Å². The molecule has 0 radical (unpaired) electrons. The lowest BCUT2D eigenvalue weighted by Crippen LogP contribution is -2.20. The van der Waals surface area contributed by atoms with Crippen LogP contribution in [0.15, 0.2) is 46.3 Å². The van der Waals surface area contributed by atoms with Crippen LogP contribution >= 0.6 is 27.3 Å². The summed E-state index contributed by atoms with van der Waals surface area (Å²) in [5, 5.41) is 5.37. The number of ether oxygens (including phenoxy) is 1. The van der Waals surface area contributed by atoms with E-state index in [4.69, 9.17) is 4.74 Å². The highest BCUT2D eigenvalue weighted by Crippen LogP contribution is 2.30. The SMILES string of the molecule is Cc1ccc(C)c(-c2csc(NC(=O)COc3ccc(Br)cc3C(C)C)n2)c1. The average molecular weight is 459 g/mol. The van der Waals surface area contributed by atoms with Gasteiger partial charge in [0, 0.05) is 15.4 Å². The lowest BCUT2D eigenvalue weighted by Gasteiger charge is -2.14. The molecule has 0 aliphatic heterocycles. The Labute approximate surface area is 178 Å². The molecule has 1 amide bonds. The van der Waals surface area contributed by atoms with Crippen molar-refractivity contribution in [1.29, 1.82) is 0 Å². The van der Waals surface area contributed by atoms with Crippen molar-refractivity contribution in [2.45, 2.75) is 33.6 Å². The zero-order valence-corrected chi connectivity index (χ0v) is 18.8. The Hall–Kier alpha value is -2.18. The number of halogens is 1. The fraction of sp³-hybridized carbons (Fsp3) is 0.273. The standard InChI is InChI=1S/C22H23BrN2O2S/c1-13(2)17-10-16(23)7-8-20(17)27-11-21(26)25-22-24-19(12-28-22)18-9-14(3)5-6-15(18)4/h5-10,12-13H,11H2,1-4H3,(H,24,25,26). The van der Waals surface area contributed by atoms with E-state index in [0.717, 1.165) is 32.6 Å². The van der Waals surface area contributed by atoms with Crippen LogP contribution in [0.5, 0.6) is 5.75 Å². The van der Waals surface area contributed by atoms with Crippen molar-refractivity contribution in [3.05, 3.63) is 62.9 Å². The van der Waals surface area contributed by atoms with Crippen LogP contribution < -0.4 is 10.1 Å². The van der Waals surface area contributed by atoms with Gasteiger partial charge < -0.3 is 4.74 Å². The van der Waals surface area contributed by atoms with E-state index in [0.29, 0.717) is 11.0 Å². The van der Waals surface area contributed by atoms with E-state index in [9.17, 15) is 4.79 Å². The number of aromatic nitrogens is 1. The summed E-state index contributed by atoms with van der Waals surface area (Å²) in [4.78, 5) is 16.9. The molecule has 3 rings (SSSR count). The molecule has 0 spiro atoms. The van der Waals surface area contributed by atoms with E-state index in [-0.39, 0.29) is 12.5 Å². The summed E-state index contributed by atoms with van der Waals surface area (Å²) in [6.07, 6.45) is 0. The highest BCUT2D eigenvalue weighted by Gasteiger charge is 2.13. The Morgan fingerprint density at radius 2 is 2.00 bits per heavy atom. The molecule has 6 heteroatoms. The van der Waals surface area contributed by atoms with Crippen molar-refractivity contribution < 1.29 is 9.53 Å². The van der Waals surface area contributed by atoms with E-state index >= 15 is 0 Å². The van der Waals surface area contributed by atoms with Gasteiger partial charge >= 0.3 is 0 Å². The van der Waals surface area contributed by atoms with Gasteiger partial charge in [-0.3, -0.25) is 10.1 Å². The third-order valence-corrected chi connectivity index (χ3v) is 5.62. The zero-order chi connectivity index (χ0) is 20.3. The average Bonchev–Trinajstić information content (AvgIpc) is 3.10. The molecule has 3 aromatic rings. The summed E-state index contributed by atoms with van der Waals surface area (Å²) in [6, 6.07) is 12.1. The maximum Gasteiger partial charge on any atom is 0.264 e. The molecule has 1 N–H and O–H groups in total. The van der Waals surface area contributed by atoms with Crippen LogP contribution in [0.1, 0.15) is 36.5 Å². The number of nitrogens with one attached hydrogen (secondary N) is 1. The smallest absolute Gasteiger partial charge is 0.264 e. The van der Waals surface area contributed by atoms with E-state index in [1.807, 2.05) is 23.6 Å². The summed E-state index contributed by atoms with van der Waals surface area (Å²) < 4.78 is 6.75. The molecule has 0 aliphatic rings. The molecular formula is C22H23BrN2O2S. The summed E-state index contributed by atoms with van der Waals surface area (Å²) in [5.74, 6) is 0.803. The largest absolute Gasteiger partial charge is 0.483 e. The first-order valence-corrected chi connectivity index (χ1v) is 10.8. The van der Waals surface area contributed by atoms with Crippen LogP contribution in [0.4, 0.5) is 5.13 Å². The topological polar surface area (TPSA) is 51.2 Å². The quantitative estimate of drug-likeness (QED) is 0.469. The minimum atomic E-state index is -0.223. The second-order valence-electron chi connectivity index (χ2n) is 7.03. The molecule has 4 nitrogen and oxygen atoms in total. The summed E-state index contributed by atoms with van der Waals surface area (Å²) in [7, 11) is 0. The summed E-state index contributed by atoms with van der Waals surface area (Å²) in [6.45, 7) is 8.26. The Morgan fingerprint density at radius 1 is 1.21 bits per heavy atom. The number of benzene rings is 2. The first-order valence-electron chi connectivity index (χ1n) is 9.08. The predicted molar refractivity (Wildman–Crippen MR) is 119 cm³/mol. The lowest BCUT2D eigenvalue weighted by atomic mass is 10.0. The molecule has 146 valence electrons. The normalized spacial score (nSPS) is 10.9. The number of anilines is 1. The summed E-state index contributed by atoms with van der Waals surface area (Å²) >= 11 is 4.89. The van der Waals surface area contributed by atoms with Gasteiger partial charge in [0.1, 0.15) is 5.75 Å². The fourth-order valence-electron chi connectivity index (χ4n) is 2.87. The molecule has 0 saturated carbocycles. The number of nitrogens with zero attached hydrogens (tertiary/aromatic N) is 1. The molecule has 0 fully saturated rings.